The van der Waals surface area contributed by atoms with Crippen molar-refractivity contribution >= 4 is 29.9 Å². The van der Waals surface area contributed by atoms with Crippen LogP contribution >= 0.6 is 0 Å². The molecular weight excluding hydrogens is 376 g/mol. The molecule has 0 atom stereocenters. The minimum atomic E-state index is -0.987. The molecular formula is C21H18N2O6. The third-order valence-electron chi connectivity index (χ3n) is 4.44. The van der Waals surface area contributed by atoms with Crippen molar-refractivity contribution in [3.8, 4) is 5.75 Å². The van der Waals surface area contributed by atoms with Crippen LogP contribution < -0.4 is 4.74 Å². The molecule has 0 aromatic heterocycles. The summed E-state index contributed by atoms with van der Waals surface area (Å²) in [5, 5.41) is 8.90. The Morgan fingerprint density at radius 2 is 1.48 bits per heavy atom. The lowest BCUT2D eigenvalue weighted by atomic mass is 10.1. The summed E-state index contributed by atoms with van der Waals surface area (Å²) in [7, 11) is 2.64. The summed E-state index contributed by atoms with van der Waals surface area (Å²) in [6.07, 6.45) is 1.43. The van der Waals surface area contributed by atoms with Gasteiger partial charge in [-0.3, -0.25) is 19.4 Å². The number of aromatic carboxylic acids is 1. The number of carbonyl (C=O) groups is 4. The third kappa shape index (κ3) is 4.16. The molecule has 0 bridgehead atoms. The average Bonchev–Trinajstić information content (AvgIpc) is 2.73. The molecule has 0 aliphatic carbocycles. The molecule has 1 heterocycles. The van der Waals surface area contributed by atoms with Crippen molar-refractivity contribution in [1.29, 1.82) is 0 Å². The van der Waals surface area contributed by atoms with Gasteiger partial charge in [0.05, 0.1) is 5.56 Å². The maximum absolute atomic E-state index is 12.2. The van der Waals surface area contributed by atoms with Crippen LogP contribution in [0.15, 0.2) is 54.1 Å². The highest BCUT2D eigenvalue weighted by atomic mass is 16.5. The summed E-state index contributed by atoms with van der Waals surface area (Å²) in [5.41, 5.74) is 1.53. The van der Waals surface area contributed by atoms with Crippen molar-refractivity contribution in [2.75, 3.05) is 14.1 Å². The van der Waals surface area contributed by atoms with E-state index in [1.807, 2.05) is 0 Å². The van der Waals surface area contributed by atoms with E-state index >= 15 is 0 Å². The minimum Gasteiger partial charge on any atom is -0.489 e. The second kappa shape index (κ2) is 7.97. The van der Waals surface area contributed by atoms with Crippen LogP contribution in [0.3, 0.4) is 0 Å². The molecule has 0 unspecified atom stereocenters. The van der Waals surface area contributed by atoms with Crippen LogP contribution in [0, 0.1) is 0 Å². The Labute approximate surface area is 166 Å². The van der Waals surface area contributed by atoms with Crippen LogP contribution in [-0.2, 0) is 16.2 Å². The largest absolute Gasteiger partial charge is 0.489 e. The fourth-order valence-corrected chi connectivity index (χ4v) is 2.71. The molecule has 1 aliphatic rings. The maximum atomic E-state index is 12.2. The fraction of sp³-hybridized carbons (Fsp3) is 0.143. The number of nitrogens with zero attached hydrogens (tertiary/aromatic N) is 2. The van der Waals surface area contributed by atoms with Gasteiger partial charge in [-0.25, -0.2) is 9.59 Å². The zero-order valence-electron chi connectivity index (χ0n) is 15.8. The van der Waals surface area contributed by atoms with Gasteiger partial charge in [-0.05, 0) is 41.5 Å². The summed E-state index contributed by atoms with van der Waals surface area (Å²) in [4.78, 5) is 48.8. The van der Waals surface area contributed by atoms with Gasteiger partial charge in [0, 0.05) is 14.1 Å². The Bertz CT molecular complexity index is 982. The standard InChI is InChI=1S/C21H18N2O6/c1-22-18(24)17(19(25)23(2)21(22)28)11-13-5-9-16(10-6-13)29-12-14-3-7-15(8-4-14)20(26)27/h3-11H,12H2,1-2H3,(H,26,27). The van der Waals surface area contributed by atoms with E-state index < -0.39 is 23.8 Å². The van der Waals surface area contributed by atoms with Gasteiger partial charge in [-0.2, -0.15) is 0 Å². The van der Waals surface area contributed by atoms with Gasteiger partial charge >= 0.3 is 12.0 Å². The lowest BCUT2D eigenvalue weighted by molar-refractivity contribution is -0.134. The van der Waals surface area contributed by atoms with Gasteiger partial charge in [0.2, 0.25) is 0 Å². The number of hydrogen-bond donors (Lipinski definition) is 1. The lowest BCUT2D eigenvalue weighted by Crippen LogP contribution is -2.52. The van der Waals surface area contributed by atoms with E-state index in [1.54, 1.807) is 36.4 Å². The van der Waals surface area contributed by atoms with Gasteiger partial charge in [-0.1, -0.05) is 24.3 Å². The van der Waals surface area contributed by atoms with Gasteiger partial charge in [0.15, 0.2) is 0 Å². The zero-order valence-corrected chi connectivity index (χ0v) is 15.8. The molecule has 1 fully saturated rings. The van der Waals surface area contributed by atoms with Gasteiger partial charge in [-0.15, -0.1) is 0 Å². The molecule has 3 rings (SSSR count). The van der Waals surface area contributed by atoms with Crippen molar-refractivity contribution in [2.45, 2.75) is 6.61 Å². The van der Waals surface area contributed by atoms with Crippen molar-refractivity contribution in [1.82, 2.24) is 9.80 Å². The van der Waals surface area contributed by atoms with E-state index in [4.69, 9.17) is 9.84 Å². The second-order valence-corrected chi connectivity index (χ2v) is 6.43. The average molecular weight is 394 g/mol. The molecule has 2 aromatic carbocycles. The number of benzene rings is 2. The SMILES string of the molecule is CN1C(=O)C(=Cc2ccc(OCc3ccc(C(=O)O)cc3)cc2)C(=O)N(C)C1=O. The number of urea groups is 1. The Kier molecular flexibility index (Phi) is 5.45. The summed E-state index contributed by atoms with van der Waals surface area (Å²) < 4.78 is 5.66. The van der Waals surface area contributed by atoms with Crippen molar-refractivity contribution in [3.63, 3.8) is 0 Å². The van der Waals surface area contributed by atoms with Crippen LogP contribution in [0.2, 0.25) is 0 Å². The fourth-order valence-electron chi connectivity index (χ4n) is 2.71. The molecule has 0 radical (unpaired) electrons. The molecule has 29 heavy (non-hydrogen) atoms. The molecule has 8 nitrogen and oxygen atoms in total. The monoisotopic (exact) mass is 394 g/mol. The van der Waals surface area contributed by atoms with E-state index in [0.717, 1.165) is 15.4 Å². The van der Waals surface area contributed by atoms with Crippen LogP contribution in [-0.4, -0.2) is 52.8 Å². The Morgan fingerprint density at radius 3 is 2.00 bits per heavy atom. The third-order valence-corrected chi connectivity index (χ3v) is 4.44. The summed E-state index contributed by atoms with van der Waals surface area (Å²) in [6, 6.07) is 12.5. The number of imide groups is 2. The molecule has 1 N–H and O–H groups in total. The molecule has 1 saturated heterocycles. The number of amides is 4. The van der Waals surface area contributed by atoms with Gasteiger partial charge in [0.25, 0.3) is 11.8 Å². The maximum Gasteiger partial charge on any atom is 0.335 e. The predicted octanol–water partition coefficient (Wildman–Crippen LogP) is 2.40. The summed E-state index contributed by atoms with van der Waals surface area (Å²) in [6.45, 7) is 0.259. The van der Waals surface area contributed by atoms with Gasteiger partial charge in [0.1, 0.15) is 17.9 Å². The highest BCUT2D eigenvalue weighted by molar-refractivity contribution is 6.30. The molecule has 1 aliphatic heterocycles. The number of ether oxygens (including phenoxy) is 1. The summed E-state index contributed by atoms with van der Waals surface area (Å²) in [5.74, 6) is -1.72. The van der Waals surface area contributed by atoms with E-state index in [9.17, 15) is 19.2 Å². The number of barbiturate groups is 1. The van der Waals surface area contributed by atoms with Crippen LogP contribution in [0.1, 0.15) is 21.5 Å². The highest BCUT2D eigenvalue weighted by Crippen LogP contribution is 2.20. The predicted molar refractivity (Wildman–Crippen MR) is 103 cm³/mol. The number of carboxylic acids is 1. The molecule has 2 aromatic rings. The van der Waals surface area contributed by atoms with E-state index in [0.29, 0.717) is 11.3 Å². The molecule has 148 valence electrons. The first-order valence-corrected chi connectivity index (χ1v) is 8.65. The first-order valence-electron chi connectivity index (χ1n) is 8.65. The Morgan fingerprint density at radius 1 is 0.931 bits per heavy atom. The van der Waals surface area contributed by atoms with E-state index in [-0.39, 0.29) is 17.7 Å². The van der Waals surface area contributed by atoms with Crippen LogP contribution in [0.5, 0.6) is 5.75 Å². The number of carbonyl (C=O) groups excluding carboxylic acids is 3. The van der Waals surface area contributed by atoms with Crippen molar-refractivity contribution in [3.05, 3.63) is 70.8 Å². The first kappa shape index (κ1) is 19.8. The summed E-state index contributed by atoms with van der Waals surface area (Å²) >= 11 is 0. The topological polar surface area (TPSA) is 104 Å². The van der Waals surface area contributed by atoms with Crippen molar-refractivity contribution < 1.29 is 29.0 Å². The van der Waals surface area contributed by atoms with E-state index in [1.165, 1.54) is 32.3 Å². The smallest absolute Gasteiger partial charge is 0.335 e. The van der Waals surface area contributed by atoms with Gasteiger partial charge < -0.3 is 9.84 Å². The normalized spacial score (nSPS) is 14.3. The molecule has 0 spiro atoms. The zero-order chi connectivity index (χ0) is 21.1. The first-order chi connectivity index (χ1) is 13.8. The Balaban J connectivity index is 1.69. The van der Waals surface area contributed by atoms with Crippen LogP contribution in [0.25, 0.3) is 6.08 Å². The minimum absolute atomic E-state index is 0.0956. The van der Waals surface area contributed by atoms with Crippen molar-refractivity contribution in [2.24, 2.45) is 0 Å². The number of likely N-dealkylation sites (N-methyl/N-ethyl adjacent to an activating group) is 2. The second-order valence-electron chi connectivity index (χ2n) is 6.43. The number of carboxylic acid groups (broad SMARTS) is 1. The quantitative estimate of drug-likeness (QED) is 0.617. The molecule has 8 heteroatoms. The Hall–Kier alpha value is -3.94. The van der Waals surface area contributed by atoms with Crippen LogP contribution in [0.4, 0.5) is 4.79 Å². The molecule has 0 saturated carbocycles. The number of rotatable bonds is 5. The molecule has 4 amide bonds. The highest BCUT2D eigenvalue weighted by Gasteiger charge is 2.37. The number of hydrogen-bond acceptors (Lipinski definition) is 5. The lowest BCUT2D eigenvalue weighted by Gasteiger charge is -2.28. The van der Waals surface area contributed by atoms with E-state index in [2.05, 4.69) is 0 Å².